The fourth-order valence-corrected chi connectivity index (χ4v) is 3.00. The van der Waals surface area contributed by atoms with Crippen LogP contribution in [0.1, 0.15) is 17.2 Å². The number of hydrogen-bond donors (Lipinski definition) is 1. The van der Waals surface area contributed by atoms with Crippen LogP contribution < -0.4 is 0 Å². The zero-order chi connectivity index (χ0) is 14.9. The first kappa shape index (κ1) is 15.9. The fourth-order valence-electron chi connectivity index (χ4n) is 1.83. The van der Waals surface area contributed by atoms with E-state index in [1.807, 2.05) is 0 Å². The van der Waals surface area contributed by atoms with Crippen LogP contribution in [0.2, 0.25) is 5.02 Å². The van der Waals surface area contributed by atoms with E-state index in [1.165, 1.54) is 6.07 Å². The average molecular weight is 426 g/mol. The highest BCUT2D eigenvalue weighted by Gasteiger charge is 2.19. The van der Waals surface area contributed by atoms with Crippen LogP contribution in [0.5, 0.6) is 0 Å². The highest BCUT2D eigenvalue weighted by molar-refractivity contribution is 9.10. The van der Waals surface area contributed by atoms with Crippen molar-refractivity contribution in [3.63, 3.8) is 0 Å². The summed E-state index contributed by atoms with van der Waals surface area (Å²) in [5, 5.41) is 10.5. The van der Waals surface area contributed by atoms with E-state index < -0.39 is 17.7 Å². The van der Waals surface area contributed by atoms with Gasteiger partial charge in [-0.15, -0.1) is 0 Å². The summed E-state index contributed by atoms with van der Waals surface area (Å²) in [6, 6.07) is 7.38. The van der Waals surface area contributed by atoms with Crippen LogP contribution in [-0.4, -0.2) is 5.11 Å². The van der Waals surface area contributed by atoms with Gasteiger partial charge in [0.15, 0.2) is 0 Å². The first-order valence-electron chi connectivity index (χ1n) is 5.65. The average Bonchev–Trinajstić information content (AvgIpc) is 2.39. The monoisotopic (exact) mass is 424 g/mol. The molecule has 2 aromatic rings. The van der Waals surface area contributed by atoms with Crippen molar-refractivity contribution in [1.29, 1.82) is 0 Å². The van der Waals surface area contributed by atoms with Gasteiger partial charge in [-0.1, -0.05) is 33.6 Å². The fraction of sp³-hybridized carbons (Fsp3) is 0.143. The maximum absolute atomic E-state index is 13.9. The summed E-state index contributed by atoms with van der Waals surface area (Å²) in [5.41, 5.74) is 0.250. The summed E-state index contributed by atoms with van der Waals surface area (Å²) < 4.78 is 28.4. The molecule has 0 radical (unpaired) electrons. The Hall–Kier alpha value is -0.490. The van der Waals surface area contributed by atoms with Crippen LogP contribution in [-0.2, 0) is 6.42 Å². The molecule has 2 aromatic carbocycles. The molecular formula is C14H9Br2ClF2O. The van der Waals surface area contributed by atoms with Crippen molar-refractivity contribution in [1.82, 2.24) is 0 Å². The van der Waals surface area contributed by atoms with Crippen LogP contribution in [0.4, 0.5) is 8.78 Å². The number of halogens is 5. The third-order valence-corrected chi connectivity index (χ3v) is 4.29. The number of hydrogen-bond acceptors (Lipinski definition) is 1. The smallest absolute Gasteiger partial charge is 0.143 e. The van der Waals surface area contributed by atoms with E-state index in [0.29, 0.717) is 10.6 Å². The molecule has 20 heavy (non-hydrogen) atoms. The first-order chi connectivity index (χ1) is 9.40. The second-order valence-corrected chi connectivity index (χ2v) is 6.38. The Morgan fingerprint density at radius 2 is 1.85 bits per heavy atom. The minimum Gasteiger partial charge on any atom is -0.388 e. The lowest BCUT2D eigenvalue weighted by Crippen LogP contribution is -2.07. The minimum atomic E-state index is -1.09. The lowest BCUT2D eigenvalue weighted by molar-refractivity contribution is 0.175. The van der Waals surface area contributed by atoms with Crippen molar-refractivity contribution in [2.45, 2.75) is 12.5 Å². The first-order valence-corrected chi connectivity index (χ1v) is 7.62. The molecule has 1 unspecified atom stereocenters. The molecule has 0 aliphatic rings. The maximum atomic E-state index is 13.9. The predicted molar refractivity (Wildman–Crippen MR) is 81.9 cm³/mol. The molecule has 6 heteroatoms. The zero-order valence-corrected chi connectivity index (χ0v) is 13.9. The van der Waals surface area contributed by atoms with Gasteiger partial charge in [0.2, 0.25) is 0 Å². The molecule has 1 nitrogen and oxygen atoms in total. The summed E-state index contributed by atoms with van der Waals surface area (Å²) >= 11 is 12.3. The van der Waals surface area contributed by atoms with Gasteiger partial charge in [0.1, 0.15) is 11.6 Å². The van der Waals surface area contributed by atoms with Crippen LogP contribution in [0.25, 0.3) is 0 Å². The molecule has 0 spiro atoms. The van der Waals surface area contributed by atoms with Crippen molar-refractivity contribution in [2.75, 3.05) is 0 Å². The van der Waals surface area contributed by atoms with Crippen LogP contribution in [0.15, 0.2) is 39.3 Å². The van der Waals surface area contributed by atoms with Crippen molar-refractivity contribution < 1.29 is 13.9 Å². The van der Waals surface area contributed by atoms with Crippen molar-refractivity contribution in [3.05, 3.63) is 67.1 Å². The summed E-state index contributed by atoms with van der Waals surface area (Å²) in [6.45, 7) is 0. The standard InChI is InChI=1S/C14H9Br2ClF2O/c15-7-1-2-8(11(17)5-7)13(20)6-9-12(18)4-3-10(16)14(9)19/h1-5,13,20H,6H2. The molecule has 0 heterocycles. The second kappa shape index (κ2) is 6.52. The van der Waals surface area contributed by atoms with E-state index in [2.05, 4.69) is 31.9 Å². The Kier molecular flexibility index (Phi) is 5.18. The van der Waals surface area contributed by atoms with Gasteiger partial charge in [-0.25, -0.2) is 8.78 Å². The van der Waals surface area contributed by atoms with Gasteiger partial charge in [-0.3, -0.25) is 0 Å². The Labute approximate surface area is 136 Å². The summed E-state index contributed by atoms with van der Waals surface area (Å²) in [6.07, 6.45) is -1.28. The molecular weight excluding hydrogens is 417 g/mol. The summed E-state index contributed by atoms with van der Waals surface area (Å²) in [4.78, 5) is 0. The summed E-state index contributed by atoms with van der Waals surface area (Å²) in [7, 11) is 0. The Morgan fingerprint density at radius 1 is 1.15 bits per heavy atom. The van der Waals surface area contributed by atoms with E-state index in [4.69, 9.17) is 11.6 Å². The molecule has 0 amide bonds. The van der Waals surface area contributed by atoms with E-state index in [0.717, 1.165) is 10.5 Å². The van der Waals surface area contributed by atoms with Gasteiger partial charge >= 0.3 is 0 Å². The third kappa shape index (κ3) is 3.39. The Balaban J connectivity index is 2.32. The van der Waals surface area contributed by atoms with Crippen LogP contribution in [0.3, 0.4) is 0 Å². The van der Waals surface area contributed by atoms with Gasteiger partial charge in [0, 0.05) is 21.5 Å². The van der Waals surface area contributed by atoms with Gasteiger partial charge in [-0.2, -0.15) is 0 Å². The van der Waals surface area contributed by atoms with Crippen molar-refractivity contribution in [3.8, 4) is 0 Å². The highest BCUT2D eigenvalue weighted by Crippen LogP contribution is 2.31. The molecule has 0 aliphatic carbocycles. The largest absolute Gasteiger partial charge is 0.388 e. The number of rotatable bonds is 3. The molecule has 1 atom stereocenters. The van der Waals surface area contributed by atoms with Crippen LogP contribution in [0, 0.1) is 11.6 Å². The summed E-state index contributed by atoms with van der Waals surface area (Å²) in [5.74, 6) is -1.41. The molecule has 0 saturated heterocycles. The molecule has 2 rings (SSSR count). The van der Waals surface area contributed by atoms with Crippen LogP contribution >= 0.6 is 43.5 Å². The maximum Gasteiger partial charge on any atom is 0.143 e. The Morgan fingerprint density at radius 3 is 2.50 bits per heavy atom. The van der Waals surface area contributed by atoms with Gasteiger partial charge in [-0.05, 0) is 45.8 Å². The quantitative estimate of drug-likeness (QED) is 0.650. The van der Waals surface area contributed by atoms with E-state index in [-0.39, 0.29) is 16.5 Å². The third-order valence-electron chi connectivity index (χ3n) is 2.86. The topological polar surface area (TPSA) is 20.2 Å². The Bertz CT molecular complexity index is 649. The molecule has 0 aliphatic heterocycles. The van der Waals surface area contributed by atoms with Crippen molar-refractivity contribution in [2.24, 2.45) is 0 Å². The van der Waals surface area contributed by atoms with Crippen molar-refractivity contribution >= 4 is 43.5 Å². The minimum absolute atomic E-state index is 0.156. The molecule has 0 bridgehead atoms. The number of aliphatic hydroxyl groups excluding tert-OH is 1. The SMILES string of the molecule is OC(Cc1c(F)ccc(Br)c1F)c1ccc(Br)cc1Cl. The van der Waals surface area contributed by atoms with E-state index in [9.17, 15) is 13.9 Å². The van der Waals surface area contributed by atoms with Gasteiger partial charge in [0.25, 0.3) is 0 Å². The number of benzene rings is 2. The lowest BCUT2D eigenvalue weighted by atomic mass is 10.0. The second-order valence-electron chi connectivity index (χ2n) is 4.21. The normalized spacial score (nSPS) is 12.5. The molecule has 1 N–H and O–H groups in total. The molecule has 0 aromatic heterocycles. The highest BCUT2D eigenvalue weighted by atomic mass is 79.9. The lowest BCUT2D eigenvalue weighted by Gasteiger charge is -2.14. The van der Waals surface area contributed by atoms with Gasteiger partial charge in [0.05, 0.1) is 10.6 Å². The van der Waals surface area contributed by atoms with E-state index in [1.54, 1.807) is 18.2 Å². The zero-order valence-electron chi connectivity index (χ0n) is 10.0. The van der Waals surface area contributed by atoms with Gasteiger partial charge < -0.3 is 5.11 Å². The van der Waals surface area contributed by atoms with E-state index >= 15 is 0 Å². The molecule has 106 valence electrons. The molecule has 0 fully saturated rings. The number of aliphatic hydroxyl groups is 1. The predicted octanol–water partition coefficient (Wildman–Crippen LogP) is 5.42. The molecule has 0 saturated carbocycles.